The van der Waals surface area contributed by atoms with Crippen LogP contribution < -0.4 is 15.9 Å². The molecule has 0 saturated heterocycles. The third-order valence-corrected chi connectivity index (χ3v) is 11.8. The van der Waals surface area contributed by atoms with Crippen LogP contribution in [0.3, 0.4) is 0 Å². The lowest BCUT2D eigenvalue weighted by atomic mass is 10.2. The largest absolute Gasteiger partial charge is 0.741 e. The molecule has 0 N–H and O–H groups in total. The second kappa shape index (κ2) is 12.6. The van der Waals surface area contributed by atoms with Gasteiger partial charge in [0.05, 0.1) is 0 Å². The number of alkyl halides is 3. The van der Waals surface area contributed by atoms with Gasteiger partial charge in [0.2, 0.25) is 0 Å². The molecule has 1 atom stereocenters. The van der Waals surface area contributed by atoms with Crippen LogP contribution in [0.5, 0.6) is 0 Å². The maximum Gasteiger partial charge on any atom is 0.485 e. The molecule has 0 aromatic heterocycles. The molecule has 0 aliphatic carbocycles. The first-order chi connectivity index (χ1) is 18.3. The zero-order valence-electron chi connectivity index (χ0n) is 21.7. The Hall–Kier alpha value is -2.81. The summed E-state index contributed by atoms with van der Waals surface area (Å²) < 4.78 is 66.0. The van der Waals surface area contributed by atoms with E-state index in [4.69, 9.17) is 17.4 Å². The summed E-state index contributed by atoms with van der Waals surface area (Å²) in [7, 11) is -10.1. The van der Waals surface area contributed by atoms with Crippen LogP contribution in [0.15, 0.2) is 121 Å². The molecule has 0 aliphatic rings. The van der Waals surface area contributed by atoms with E-state index < -0.39 is 31.2 Å². The highest BCUT2D eigenvalue weighted by Gasteiger charge is 2.55. The first-order valence-corrected chi connectivity index (χ1v) is 18.7. The van der Waals surface area contributed by atoms with Crippen molar-refractivity contribution >= 4 is 41.6 Å². The van der Waals surface area contributed by atoms with Crippen LogP contribution in [-0.4, -0.2) is 26.8 Å². The number of rotatable bonds is 7. The Morgan fingerprint density at radius 2 is 0.949 bits per heavy atom. The molecule has 0 radical (unpaired) electrons. The Balaban J connectivity index is 0.000000459. The van der Waals surface area contributed by atoms with Gasteiger partial charge >= 0.3 is 5.51 Å². The lowest BCUT2D eigenvalue weighted by Gasteiger charge is -2.37. The maximum absolute atomic E-state index is 10.7. The minimum atomic E-state index is -6.09. The van der Waals surface area contributed by atoms with Crippen molar-refractivity contribution in [2.75, 3.05) is 0 Å². The van der Waals surface area contributed by atoms with Gasteiger partial charge < -0.3 is 8.98 Å². The summed E-state index contributed by atoms with van der Waals surface area (Å²) in [5.41, 5.74) is -4.40. The van der Waals surface area contributed by atoms with E-state index in [0.29, 0.717) is 0 Å². The predicted octanol–water partition coefficient (Wildman–Crippen LogP) is 6.58. The highest BCUT2D eigenvalue weighted by Crippen LogP contribution is 2.67. The van der Waals surface area contributed by atoms with Crippen molar-refractivity contribution in [3.63, 3.8) is 0 Å². The van der Waals surface area contributed by atoms with Crippen LogP contribution in [0, 0.1) is 0 Å². The lowest BCUT2D eigenvalue weighted by molar-refractivity contribution is -0.0517. The first-order valence-electron chi connectivity index (χ1n) is 12.1. The molecule has 0 amide bonds. The SMILES string of the molecule is C[Si](C)(C)OC(c1ccccc1)[P+](c1ccccc1)(c1ccccc1)c1ccccc1.O=S(=O)([O-])C(F)(F)F. The standard InChI is InChI=1S/C28H30OPSi.CHF3O3S/c1-31(2,3)29-28(24-16-8-4-9-17-24)30(25-18-10-5-11-19-25,26-20-12-6-13-21-26)27-22-14-7-15-23-27;2-1(3,4)8(5,6)7/h4-23,28H,1-3H3;(H,5,6,7)/q+1;/p-1. The van der Waals surface area contributed by atoms with Gasteiger partial charge in [-0.3, -0.25) is 0 Å². The monoisotopic (exact) mass is 590 g/mol. The predicted molar refractivity (Wildman–Crippen MR) is 155 cm³/mol. The van der Waals surface area contributed by atoms with Gasteiger partial charge in [0.15, 0.2) is 24.3 Å². The van der Waals surface area contributed by atoms with E-state index in [1.165, 1.54) is 21.5 Å². The molecule has 1 unspecified atom stereocenters. The molecule has 39 heavy (non-hydrogen) atoms. The fourth-order valence-corrected chi connectivity index (χ4v) is 10.8. The number of benzene rings is 4. The van der Waals surface area contributed by atoms with Gasteiger partial charge in [-0.2, -0.15) is 13.2 Å². The Morgan fingerprint density at radius 1 is 0.667 bits per heavy atom. The Bertz CT molecular complexity index is 1320. The van der Waals surface area contributed by atoms with Gasteiger partial charge in [0, 0.05) is 5.56 Å². The van der Waals surface area contributed by atoms with E-state index in [-0.39, 0.29) is 5.85 Å². The molecule has 0 heterocycles. The Morgan fingerprint density at radius 3 is 1.21 bits per heavy atom. The van der Waals surface area contributed by atoms with Gasteiger partial charge in [-0.1, -0.05) is 84.9 Å². The molecule has 4 aromatic rings. The van der Waals surface area contributed by atoms with Crippen LogP contribution in [0.25, 0.3) is 0 Å². The molecule has 4 aromatic carbocycles. The summed E-state index contributed by atoms with van der Waals surface area (Å²) >= 11 is 0. The van der Waals surface area contributed by atoms with Crippen molar-refractivity contribution in [2.24, 2.45) is 0 Å². The smallest absolute Gasteiger partial charge is 0.485 e. The third kappa shape index (κ3) is 7.65. The van der Waals surface area contributed by atoms with Crippen LogP contribution in [0.1, 0.15) is 11.4 Å². The summed E-state index contributed by atoms with van der Waals surface area (Å²) in [4.78, 5) is 0. The summed E-state index contributed by atoms with van der Waals surface area (Å²) in [6.45, 7) is 6.87. The van der Waals surface area contributed by atoms with Crippen molar-refractivity contribution in [1.82, 2.24) is 0 Å². The fourth-order valence-electron chi connectivity index (χ4n) is 4.17. The van der Waals surface area contributed by atoms with Crippen molar-refractivity contribution in [1.29, 1.82) is 0 Å². The van der Waals surface area contributed by atoms with E-state index in [1.54, 1.807) is 0 Å². The van der Waals surface area contributed by atoms with E-state index in [9.17, 15) is 13.2 Å². The Labute approximate surface area is 229 Å². The minimum absolute atomic E-state index is 0.0485. The molecular formula is C29H30F3O4PSSi. The Kier molecular flexibility index (Phi) is 9.91. The van der Waals surface area contributed by atoms with Crippen LogP contribution in [-0.2, 0) is 14.5 Å². The van der Waals surface area contributed by atoms with Gasteiger partial charge in [-0.25, -0.2) is 8.42 Å². The molecule has 206 valence electrons. The zero-order chi connectivity index (χ0) is 28.7. The maximum atomic E-state index is 10.7. The molecular weight excluding hydrogens is 560 g/mol. The normalized spacial score (nSPS) is 13.2. The fraction of sp³-hybridized carbons (Fsp3) is 0.172. The zero-order valence-corrected chi connectivity index (χ0v) is 24.5. The van der Waals surface area contributed by atoms with Crippen LogP contribution >= 0.6 is 7.26 Å². The van der Waals surface area contributed by atoms with Crippen LogP contribution in [0.2, 0.25) is 19.6 Å². The highest BCUT2D eigenvalue weighted by atomic mass is 32.2. The second-order valence-corrected chi connectivity index (χ2v) is 18.9. The highest BCUT2D eigenvalue weighted by molar-refractivity contribution is 7.95. The number of hydrogen-bond acceptors (Lipinski definition) is 4. The summed E-state index contributed by atoms with van der Waals surface area (Å²) in [5, 5.41) is 4.04. The number of halogens is 3. The number of hydrogen-bond donors (Lipinski definition) is 0. The van der Waals surface area contributed by atoms with E-state index in [0.717, 1.165) is 0 Å². The molecule has 0 aliphatic heterocycles. The second-order valence-electron chi connectivity index (χ2n) is 9.62. The molecule has 0 saturated carbocycles. The van der Waals surface area contributed by atoms with Crippen LogP contribution in [0.4, 0.5) is 13.2 Å². The summed E-state index contributed by atoms with van der Waals surface area (Å²) in [5.74, 6) is -0.0485. The van der Waals surface area contributed by atoms with E-state index in [1.807, 2.05) is 0 Å². The average Bonchev–Trinajstić information content (AvgIpc) is 2.89. The van der Waals surface area contributed by atoms with E-state index >= 15 is 0 Å². The molecule has 0 spiro atoms. The first kappa shape index (κ1) is 30.7. The van der Waals surface area contributed by atoms with Crippen molar-refractivity contribution in [2.45, 2.75) is 31.0 Å². The van der Waals surface area contributed by atoms with Crippen molar-refractivity contribution in [3.05, 3.63) is 127 Å². The van der Waals surface area contributed by atoms with Gasteiger partial charge in [-0.15, -0.1) is 0 Å². The molecule has 4 nitrogen and oxygen atoms in total. The molecule has 0 fully saturated rings. The van der Waals surface area contributed by atoms with E-state index in [2.05, 4.69) is 141 Å². The molecule has 10 heteroatoms. The summed E-state index contributed by atoms with van der Waals surface area (Å²) in [6, 6.07) is 43.8. The average molecular weight is 591 g/mol. The lowest BCUT2D eigenvalue weighted by Crippen LogP contribution is -2.40. The minimum Gasteiger partial charge on any atom is -0.741 e. The van der Waals surface area contributed by atoms with Crippen molar-refractivity contribution in [3.8, 4) is 0 Å². The van der Waals surface area contributed by atoms with Gasteiger partial charge in [0.25, 0.3) is 0 Å². The summed E-state index contributed by atoms with van der Waals surface area (Å²) in [6.07, 6.45) is 0. The molecule has 4 rings (SSSR count). The van der Waals surface area contributed by atoms with Crippen molar-refractivity contribution < 1.29 is 30.6 Å². The molecule has 0 bridgehead atoms. The van der Waals surface area contributed by atoms with Gasteiger partial charge in [0.1, 0.15) is 23.2 Å². The quantitative estimate of drug-likeness (QED) is 0.106. The van der Waals surface area contributed by atoms with Gasteiger partial charge in [-0.05, 0) is 56.0 Å². The third-order valence-electron chi connectivity index (χ3n) is 5.68. The topological polar surface area (TPSA) is 66.4 Å².